The molecular formula is C22H20ClN3. The van der Waals surface area contributed by atoms with Gasteiger partial charge in [0.25, 0.3) is 0 Å². The highest BCUT2D eigenvalue weighted by Gasteiger charge is 2.08. The molecule has 0 aliphatic rings. The third kappa shape index (κ3) is 3.63. The quantitative estimate of drug-likeness (QED) is 0.467. The van der Waals surface area contributed by atoms with Crippen LogP contribution in [0.15, 0.2) is 66.9 Å². The molecule has 0 unspecified atom stereocenters. The second kappa shape index (κ2) is 7.30. The Morgan fingerprint density at radius 3 is 2.62 bits per heavy atom. The third-order valence-corrected chi connectivity index (χ3v) is 4.79. The number of rotatable bonds is 5. The van der Waals surface area contributed by atoms with E-state index in [0.717, 1.165) is 46.9 Å². The fraction of sp³-hybridized carbons (Fsp3) is 0.182. The summed E-state index contributed by atoms with van der Waals surface area (Å²) in [6.45, 7) is 2.09. The SMILES string of the molecule is Cc1ccc(-c2cnc3ccc(CCCc4cccc(Cl)c4)nn23)cc1. The van der Waals surface area contributed by atoms with Crippen LogP contribution in [0.2, 0.25) is 5.02 Å². The molecule has 4 rings (SSSR count). The molecule has 4 aromatic rings. The second-order valence-corrected chi connectivity index (χ2v) is 7.02. The summed E-state index contributed by atoms with van der Waals surface area (Å²) in [6.07, 6.45) is 4.85. The Labute approximate surface area is 158 Å². The molecule has 0 fully saturated rings. The Hall–Kier alpha value is -2.65. The van der Waals surface area contributed by atoms with Crippen molar-refractivity contribution in [2.24, 2.45) is 0 Å². The molecule has 0 bridgehead atoms. The van der Waals surface area contributed by atoms with Crippen molar-refractivity contribution < 1.29 is 0 Å². The highest BCUT2D eigenvalue weighted by molar-refractivity contribution is 6.30. The zero-order chi connectivity index (χ0) is 17.9. The predicted octanol–water partition coefficient (Wildman–Crippen LogP) is 5.53. The van der Waals surface area contributed by atoms with Crippen molar-refractivity contribution in [2.75, 3.05) is 0 Å². The molecular weight excluding hydrogens is 342 g/mol. The maximum atomic E-state index is 6.06. The summed E-state index contributed by atoms with van der Waals surface area (Å²) in [6, 6.07) is 20.6. The van der Waals surface area contributed by atoms with Crippen molar-refractivity contribution in [2.45, 2.75) is 26.2 Å². The first-order chi connectivity index (χ1) is 12.7. The molecule has 0 spiro atoms. The topological polar surface area (TPSA) is 30.2 Å². The minimum atomic E-state index is 0.795. The van der Waals surface area contributed by atoms with Crippen LogP contribution in [0.3, 0.4) is 0 Å². The standard InChI is InChI=1S/C22H20ClN3/c1-16-8-10-18(11-9-16)21-15-24-22-13-12-20(25-26(21)22)7-3-5-17-4-2-6-19(23)14-17/h2,4,6,8-15H,3,5,7H2,1H3. The zero-order valence-electron chi connectivity index (χ0n) is 14.7. The monoisotopic (exact) mass is 361 g/mol. The first kappa shape index (κ1) is 16.8. The normalized spacial score (nSPS) is 11.2. The maximum Gasteiger partial charge on any atom is 0.154 e. The first-order valence-corrected chi connectivity index (χ1v) is 9.22. The predicted molar refractivity (Wildman–Crippen MR) is 107 cm³/mol. The summed E-state index contributed by atoms with van der Waals surface area (Å²) in [4.78, 5) is 4.48. The van der Waals surface area contributed by atoms with Gasteiger partial charge in [-0.2, -0.15) is 5.10 Å². The van der Waals surface area contributed by atoms with Gasteiger partial charge in [0.2, 0.25) is 0 Å². The van der Waals surface area contributed by atoms with E-state index in [0.29, 0.717) is 0 Å². The molecule has 0 atom stereocenters. The molecule has 4 heteroatoms. The molecule has 0 aliphatic carbocycles. The number of hydrogen-bond donors (Lipinski definition) is 0. The third-order valence-electron chi connectivity index (χ3n) is 4.55. The summed E-state index contributed by atoms with van der Waals surface area (Å²) in [5.41, 5.74) is 6.62. The van der Waals surface area contributed by atoms with Crippen molar-refractivity contribution >= 4 is 17.2 Å². The lowest BCUT2D eigenvalue weighted by molar-refractivity contribution is 0.765. The largest absolute Gasteiger partial charge is 0.235 e. The molecule has 130 valence electrons. The van der Waals surface area contributed by atoms with E-state index in [4.69, 9.17) is 16.7 Å². The fourth-order valence-corrected chi connectivity index (χ4v) is 3.34. The smallest absolute Gasteiger partial charge is 0.154 e. The molecule has 0 saturated carbocycles. The van der Waals surface area contributed by atoms with E-state index in [1.54, 1.807) is 0 Å². The number of aryl methyl sites for hydroxylation is 3. The Kier molecular flexibility index (Phi) is 4.72. The van der Waals surface area contributed by atoms with Gasteiger partial charge in [0.1, 0.15) is 0 Å². The van der Waals surface area contributed by atoms with Crippen LogP contribution in [0.1, 0.15) is 23.2 Å². The molecule has 2 aromatic carbocycles. The zero-order valence-corrected chi connectivity index (χ0v) is 15.4. The lowest BCUT2D eigenvalue weighted by Gasteiger charge is -2.05. The van der Waals surface area contributed by atoms with Gasteiger partial charge in [-0.05, 0) is 56.0 Å². The Morgan fingerprint density at radius 1 is 0.962 bits per heavy atom. The lowest BCUT2D eigenvalue weighted by atomic mass is 10.1. The average molecular weight is 362 g/mol. The van der Waals surface area contributed by atoms with Crippen molar-refractivity contribution in [3.8, 4) is 11.3 Å². The summed E-state index contributed by atoms with van der Waals surface area (Å²) >= 11 is 6.06. The molecule has 0 aliphatic heterocycles. The number of benzene rings is 2. The van der Waals surface area contributed by atoms with E-state index >= 15 is 0 Å². The van der Waals surface area contributed by atoms with E-state index in [1.165, 1.54) is 11.1 Å². The van der Waals surface area contributed by atoms with Crippen LogP contribution in [0.4, 0.5) is 0 Å². The van der Waals surface area contributed by atoms with Crippen LogP contribution < -0.4 is 0 Å². The van der Waals surface area contributed by atoms with E-state index < -0.39 is 0 Å². The van der Waals surface area contributed by atoms with Crippen LogP contribution in [0, 0.1) is 6.92 Å². The van der Waals surface area contributed by atoms with E-state index in [9.17, 15) is 0 Å². The van der Waals surface area contributed by atoms with Gasteiger partial charge in [0, 0.05) is 10.6 Å². The Morgan fingerprint density at radius 2 is 1.81 bits per heavy atom. The lowest BCUT2D eigenvalue weighted by Crippen LogP contribution is -2.00. The number of nitrogens with zero attached hydrogens (tertiary/aromatic N) is 3. The Bertz CT molecular complexity index is 1030. The van der Waals surface area contributed by atoms with Gasteiger partial charge in [-0.25, -0.2) is 9.50 Å². The van der Waals surface area contributed by atoms with Crippen molar-refractivity contribution in [3.05, 3.63) is 88.7 Å². The molecule has 0 N–H and O–H groups in total. The van der Waals surface area contributed by atoms with Crippen LogP contribution in [-0.4, -0.2) is 14.6 Å². The van der Waals surface area contributed by atoms with E-state index in [2.05, 4.69) is 48.3 Å². The maximum absolute atomic E-state index is 6.06. The molecule has 0 amide bonds. The number of aromatic nitrogens is 3. The van der Waals surface area contributed by atoms with E-state index in [-0.39, 0.29) is 0 Å². The van der Waals surface area contributed by atoms with Gasteiger partial charge in [-0.1, -0.05) is 53.6 Å². The molecule has 2 heterocycles. The van der Waals surface area contributed by atoms with Crippen LogP contribution in [0.25, 0.3) is 16.9 Å². The highest BCUT2D eigenvalue weighted by Crippen LogP contribution is 2.21. The summed E-state index contributed by atoms with van der Waals surface area (Å²) in [7, 11) is 0. The van der Waals surface area contributed by atoms with Gasteiger partial charge in [0.05, 0.1) is 17.6 Å². The van der Waals surface area contributed by atoms with Gasteiger partial charge >= 0.3 is 0 Å². The van der Waals surface area contributed by atoms with Gasteiger partial charge in [-0.3, -0.25) is 0 Å². The summed E-state index contributed by atoms with van der Waals surface area (Å²) < 4.78 is 1.94. The fourth-order valence-electron chi connectivity index (χ4n) is 3.13. The number of halogens is 1. The number of fused-ring (bicyclic) bond motifs is 1. The summed E-state index contributed by atoms with van der Waals surface area (Å²) in [5.74, 6) is 0. The molecule has 2 aromatic heterocycles. The minimum absolute atomic E-state index is 0.795. The second-order valence-electron chi connectivity index (χ2n) is 6.59. The van der Waals surface area contributed by atoms with Crippen molar-refractivity contribution in [1.29, 1.82) is 0 Å². The van der Waals surface area contributed by atoms with Crippen LogP contribution in [0.5, 0.6) is 0 Å². The van der Waals surface area contributed by atoms with Crippen LogP contribution >= 0.6 is 11.6 Å². The first-order valence-electron chi connectivity index (χ1n) is 8.84. The summed E-state index contributed by atoms with van der Waals surface area (Å²) in [5, 5.41) is 5.61. The van der Waals surface area contributed by atoms with E-state index in [1.807, 2.05) is 35.0 Å². The number of imidazole rings is 1. The van der Waals surface area contributed by atoms with Gasteiger partial charge < -0.3 is 0 Å². The molecule has 0 saturated heterocycles. The van der Waals surface area contributed by atoms with Gasteiger partial charge in [0.15, 0.2) is 5.65 Å². The highest BCUT2D eigenvalue weighted by atomic mass is 35.5. The van der Waals surface area contributed by atoms with Crippen molar-refractivity contribution in [3.63, 3.8) is 0 Å². The Balaban J connectivity index is 1.53. The average Bonchev–Trinajstić information content (AvgIpc) is 3.06. The van der Waals surface area contributed by atoms with Crippen LogP contribution in [-0.2, 0) is 12.8 Å². The van der Waals surface area contributed by atoms with Crippen molar-refractivity contribution in [1.82, 2.24) is 14.6 Å². The molecule has 3 nitrogen and oxygen atoms in total. The number of hydrogen-bond acceptors (Lipinski definition) is 2. The molecule has 0 radical (unpaired) electrons. The molecule has 26 heavy (non-hydrogen) atoms. The van der Waals surface area contributed by atoms with Gasteiger partial charge in [-0.15, -0.1) is 0 Å². The minimum Gasteiger partial charge on any atom is -0.235 e.